The summed E-state index contributed by atoms with van der Waals surface area (Å²) in [6.45, 7) is 0. The number of thiol groups is 1. The maximum Gasteiger partial charge on any atom is 0.0146 e. The average Bonchev–Trinajstić information content (AvgIpc) is 0.918. The van der Waals surface area contributed by atoms with Crippen molar-refractivity contribution in [2.24, 2.45) is 0 Å². The molecule has 0 bridgehead atoms. The molecule has 0 aromatic carbocycles. The van der Waals surface area contributed by atoms with Crippen molar-refractivity contribution in [2.75, 3.05) is 0 Å². The first-order valence-corrected chi connectivity index (χ1v) is 0.730. The van der Waals surface area contributed by atoms with Gasteiger partial charge >= 0.3 is 0 Å². The molecule has 0 aliphatic heterocycles. The Bertz CT molecular complexity index is 13.5. The maximum absolute atomic E-state index is 6.93. The molecule has 0 spiro atoms. The van der Waals surface area contributed by atoms with Crippen molar-refractivity contribution in [2.45, 2.75) is 0 Å². The predicted molar refractivity (Wildman–Crippen MR) is 12.7 cm³/mol. The zero-order chi connectivity index (χ0) is 2.71. The first-order valence-electron chi connectivity index (χ1n) is 0.365. The van der Waals surface area contributed by atoms with E-state index in [0.717, 1.165) is 0 Å². The standard InChI is InChI=1S/Er.H2O2S.Y.Yb/c;1-2-3;;/h;1,3H;;. The third-order valence-corrected chi connectivity index (χ3v) is 0. The summed E-state index contributed by atoms with van der Waals surface area (Å²) < 4.78 is 2.94. The molecule has 0 fully saturated rings. The smallest absolute Gasteiger partial charge is 0.0146 e. The fourth-order valence-corrected chi connectivity index (χ4v) is 0. The van der Waals surface area contributed by atoms with Crippen LogP contribution in [0.5, 0.6) is 0 Å². The summed E-state index contributed by atoms with van der Waals surface area (Å²) in [6, 6.07) is 0. The second kappa shape index (κ2) is 22.9. The SMILES string of the molecule is OOS.[Er].[Y].[Yb]. The van der Waals surface area contributed by atoms with Gasteiger partial charge in [0, 0.05) is 130 Å². The van der Waals surface area contributed by atoms with Gasteiger partial charge in [0.2, 0.25) is 0 Å². The monoisotopic (exact) mass is 495 g/mol. The van der Waals surface area contributed by atoms with E-state index in [1.165, 1.54) is 0 Å². The van der Waals surface area contributed by atoms with E-state index in [9.17, 15) is 0 Å². The minimum absolute atomic E-state index is 0. The van der Waals surface area contributed by atoms with Gasteiger partial charge in [-0.2, -0.15) is 4.33 Å². The minimum Gasteiger partial charge on any atom is -0.240 e. The van der Waals surface area contributed by atoms with Gasteiger partial charge in [0.05, 0.1) is 0 Å². The van der Waals surface area contributed by atoms with Gasteiger partial charge in [0.25, 0.3) is 0 Å². The Morgan fingerprint density at radius 2 is 1.50 bits per heavy atom. The third-order valence-electron chi connectivity index (χ3n) is 0. The molecule has 2 nitrogen and oxygen atoms in total. The van der Waals surface area contributed by atoms with Crippen LogP contribution in [-0.2, 0) is 37.0 Å². The van der Waals surface area contributed by atoms with Gasteiger partial charge in [0.1, 0.15) is 0 Å². The first-order chi connectivity index (χ1) is 1.41. The molecule has 0 aliphatic rings. The number of hydrogen-bond acceptors (Lipinski definition) is 3. The quantitative estimate of drug-likeness (QED) is 0.220. The van der Waals surface area contributed by atoms with Gasteiger partial charge in [-0.3, -0.25) is 0 Å². The van der Waals surface area contributed by atoms with Crippen LogP contribution in [0.2, 0.25) is 0 Å². The van der Waals surface area contributed by atoms with Gasteiger partial charge in [0.15, 0.2) is 0 Å². The fraction of sp³-hybridized carbons (Fsp3) is 0. The minimum atomic E-state index is 0. The van der Waals surface area contributed by atoms with E-state index in [1.807, 2.05) is 0 Å². The molecule has 1 N–H and O–H groups in total. The molecule has 1 radical (unpaired) electrons. The van der Waals surface area contributed by atoms with Gasteiger partial charge in [-0.1, -0.05) is 0 Å². The summed E-state index contributed by atoms with van der Waals surface area (Å²) in [5, 5.41) is 6.93. The Morgan fingerprint density at radius 3 is 1.50 bits per heavy atom. The van der Waals surface area contributed by atoms with E-state index < -0.39 is 0 Å². The van der Waals surface area contributed by atoms with E-state index in [1.54, 1.807) is 0 Å². The molecular formula is H2ErO2SYYb. The Labute approximate surface area is 135 Å². The molecule has 49 valence electrons. The summed E-state index contributed by atoms with van der Waals surface area (Å²) in [7, 11) is 0. The number of hydrogen-bond donors (Lipinski definition) is 2. The number of rotatable bonds is 0. The summed E-state index contributed by atoms with van der Waals surface area (Å²) in [6.07, 6.45) is 0. The van der Waals surface area contributed by atoms with E-state index in [4.69, 9.17) is 5.26 Å². The Morgan fingerprint density at radius 1 is 1.50 bits per heavy atom. The van der Waals surface area contributed by atoms with Crippen LogP contribution in [0.4, 0.5) is 0 Å². The largest absolute Gasteiger partial charge is 0.240 e. The topological polar surface area (TPSA) is 29.5 Å². The van der Waals surface area contributed by atoms with Crippen LogP contribution >= 0.6 is 12.9 Å². The predicted octanol–water partition coefficient (Wildman–Crippen LogP) is 0.318. The van der Waals surface area contributed by atoms with Crippen LogP contribution in [0.3, 0.4) is 0 Å². The fourth-order valence-electron chi connectivity index (χ4n) is 0. The molecule has 0 aliphatic carbocycles. The van der Waals surface area contributed by atoms with Crippen LogP contribution in [0.1, 0.15) is 0 Å². The van der Waals surface area contributed by atoms with Crippen molar-refractivity contribution < 1.29 is 127 Å². The summed E-state index contributed by atoms with van der Waals surface area (Å²) in [5.74, 6) is 0. The van der Waals surface area contributed by atoms with Gasteiger partial charge in [-0.25, -0.2) is 5.26 Å². The Hall–Kier alpha value is 4.14. The Balaban J connectivity index is -0.00000000667. The van der Waals surface area contributed by atoms with Gasteiger partial charge in [-0.05, 0) is 0 Å². The Kier molecular flexibility index (Phi) is 85.8. The van der Waals surface area contributed by atoms with Crippen molar-refractivity contribution in [1.82, 2.24) is 0 Å². The van der Waals surface area contributed by atoms with Crippen LogP contribution in [-0.4, -0.2) is 5.26 Å². The summed E-state index contributed by atoms with van der Waals surface area (Å²) in [4.78, 5) is 0. The molecule has 0 saturated heterocycles. The molecule has 6 heteroatoms. The molecule has 0 unspecified atom stereocenters. The normalized spacial score (nSPS) is 3.00. The van der Waals surface area contributed by atoms with Crippen molar-refractivity contribution in [1.29, 1.82) is 0 Å². The van der Waals surface area contributed by atoms with E-state index in [2.05, 4.69) is 17.2 Å². The third kappa shape index (κ3) is 24.2. The zero-order valence-corrected chi connectivity index (χ0v) is 9.74. The molecule has 0 amide bonds. The van der Waals surface area contributed by atoms with Crippen molar-refractivity contribution >= 4 is 12.9 Å². The van der Waals surface area contributed by atoms with Gasteiger partial charge < -0.3 is 0 Å². The molecule has 0 saturated carbocycles. The molecule has 0 aromatic heterocycles. The summed E-state index contributed by atoms with van der Waals surface area (Å²) >= 11 is 2.84. The maximum atomic E-state index is 6.93. The van der Waals surface area contributed by atoms with Crippen LogP contribution < -0.4 is 0 Å². The van der Waals surface area contributed by atoms with Crippen LogP contribution in [0.15, 0.2) is 0 Å². The molecule has 0 aromatic rings. The molecule has 0 heterocycles. The molecular weight excluding hydrogens is 493 g/mol. The molecule has 0 atom stereocenters. The molecule has 6 heavy (non-hydrogen) atoms. The van der Waals surface area contributed by atoms with E-state index >= 15 is 0 Å². The van der Waals surface area contributed by atoms with E-state index in [0.29, 0.717) is 0 Å². The second-order valence-electron chi connectivity index (χ2n) is 0.0816. The zero-order valence-electron chi connectivity index (χ0n) is 2.44. The van der Waals surface area contributed by atoms with E-state index in [-0.39, 0.29) is 117 Å². The van der Waals surface area contributed by atoms with Gasteiger partial charge in [-0.15, -0.1) is 0 Å². The summed E-state index contributed by atoms with van der Waals surface area (Å²) in [5.41, 5.74) is 0. The second-order valence-corrected chi connectivity index (χ2v) is 0.245. The average molecular weight is 495 g/mol. The van der Waals surface area contributed by atoms with Crippen molar-refractivity contribution in [3.05, 3.63) is 0 Å². The van der Waals surface area contributed by atoms with Crippen molar-refractivity contribution in [3.8, 4) is 0 Å². The van der Waals surface area contributed by atoms with Crippen LogP contribution in [0.25, 0.3) is 0 Å². The van der Waals surface area contributed by atoms with Crippen LogP contribution in [0, 0.1) is 84.2 Å². The first kappa shape index (κ1) is 22.5. The van der Waals surface area contributed by atoms with Crippen molar-refractivity contribution in [3.63, 3.8) is 0 Å². The molecule has 0 rings (SSSR count).